The molecule has 3 aromatic rings. The van der Waals surface area contributed by atoms with E-state index in [0.717, 1.165) is 21.9 Å². The van der Waals surface area contributed by atoms with Crippen LogP contribution in [-0.4, -0.2) is 26.7 Å². The minimum absolute atomic E-state index is 0.0869. The van der Waals surface area contributed by atoms with E-state index < -0.39 is 15.8 Å². The fraction of sp³-hybridized carbons (Fsp3) is 0.240. The van der Waals surface area contributed by atoms with Gasteiger partial charge in [-0.25, -0.2) is 12.8 Å². The van der Waals surface area contributed by atoms with Gasteiger partial charge in [0.2, 0.25) is 10.0 Å². The first-order valence-corrected chi connectivity index (χ1v) is 12.3. The van der Waals surface area contributed by atoms with Crippen molar-refractivity contribution in [3.63, 3.8) is 0 Å². The van der Waals surface area contributed by atoms with Crippen LogP contribution in [0.3, 0.4) is 0 Å². The van der Waals surface area contributed by atoms with E-state index in [1.54, 1.807) is 24.3 Å². The molecule has 3 aromatic carbocycles. The molecule has 0 radical (unpaired) electrons. The Hall–Kier alpha value is -3.39. The predicted molar refractivity (Wildman–Crippen MR) is 127 cm³/mol. The van der Waals surface area contributed by atoms with Gasteiger partial charge in [-0.05, 0) is 61.9 Å². The monoisotopic (exact) mass is 470 g/mol. The van der Waals surface area contributed by atoms with Crippen molar-refractivity contribution in [2.24, 2.45) is 0 Å². The molecule has 0 saturated carbocycles. The number of anilines is 1. The molecule has 8 heteroatoms. The molecule has 1 amide bonds. The molecular formula is C25H27FN2O4S. The highest BCUT2D eigenvalue weighted by Crippen LogP contribution is 2.22. The third-order valence-electron chi connectivity index (χ3n) is 4.84. The van der Waals surface area contributed by atoms with Crippen LogP contribution < -0.4 is 14.4 Å². The van der Waals surface area contributed by atoms with Gasteiger partial charge in [0.15, 0.2) is 0 Å². The molecule has 1 N–H and O–H groups in total. The van der Waals surface area contributed by atoms with E-state index in [-0.39, 0.29) is 24.1 Å². The first kappa shape index (κ1) is 24.3. The number of amides is 1. The molecule has 3 rings (SSSR count). The van der Waals surface area contributed by atoms with Crippen molar-refractivity contribution in [2.75, 3.05) is 10.6 Å². The highest BCUT2D eigenvalue weighted by atomic mass is 32.2. The molecule has 174 valence electrons. The summed E-state index contributed by atoms with van der Waals surface area (Å²) >= 11 is 0. The quantitative estimate of drug-likeness (QED) is 0.499. The normalized spacial score (nSPS) is 11.3. The second-order valence-electron chi connectivity index (χ2n) is 7.90. The Balaban J connectivity index is 1.67. The van der Waals surface area contributed by atoms with E-state index in [0.29, 0.717) is 17.8 Å². The number of nitrogens with zero attached hydrogens (tertiary/aromatic N) is 1. The molecule has 0 saturated heterocycles. The van der Waals surface area contributed by atoms with Gasteiger partial charge in [0.25, 0.3) is 5.91 Å². The number of carbonyl (C=O) groups excluding carboxylic acids is 1. The number of carbonyl (C=O) groups is 1. The lowest BCUT2D eigenvalue weighted by atomic mass is 10.1. The van der Waals surface area contributed by atoms with Crippen molar-refractivity contribution >= 4 is 21.6 Å². The maximum atomic E-state index is 14.0. The number of ether oxygens (including phenoxy) is 1. The van der Waals surface area contributed by atoms with E-state index in [9.17, 15) is 17.6 Å². The van der Waals surface area contributed by atoms with E-state index in [2.05, 4.69) is 5.32 Å². The van der Waals surface area contributed by atoms with E-state index >= 15 is 0 Å². The highest BCUT2D eigenvalue weighted by molar-refractivity contribution is 7.92. The maximum Gasteiger partial charge on any atom is 0.251 e. The van der Waals surface area contributed by atoms with Crippen molar-refractivity contribution in [2.45, 2.75) is 33.0 Å². The number of benzene rings is 3. The Morgan fingerprint density at radius 2 is 1.64 bits per heavy atom. The number of hydrogen-bond donors (Lipinski definition) is 1. The van der Waals surface area contributed by atoms with Crippen LogP contribution >= 0.6 is 0 Å². The van der Waals surface area contributed by atoms with Gasteiger partial charge in [-0.1, -0.05) is 30.3 Å². The standard InChI is InChI=1S/C25H27FN2O4S/c1-18(2)32-23-14-8-19(9-15-23)16-27-25(29)20-10-12-22(13-11-20)28(33(3,30)31)17-21-6-4-5-7-24(21)26/h4-15,18H,16-17H2,1-3H3,(H,27,29). The summed E-state index contributed by atoms with van der Waals surface area (Å²) in [6, 6.07) is 19.7. The molecule has 0 aliphatic carbocycles. The van der Waals surface area contributed by atoms with Crippen LogP contribution in [0.25, 0.3) is 0 Å². The number of hydrogen-bond acceptors (Lipinski definition) is 4. The van der Waals surface area contributed by atoms with E-state index in [4.69, 9.17) is 4.74 Å². The Morgan fingerprint density at radius 1 is 1.00 bits per heavy atom. The number of rotatable bonds is 9. The van der Waals surface area contributed by atoms with Gasteiger partial charge in [-0.15, -0.1) is 0 Å². The van der Waals surface area contributed by atoms with Crippen LogP contribution in [-0.2, 0) is 23.1 Å². The minimum Gasteiger partial charge on any atom is -0.491 e. The van der Waals surface area contributed by atoms with Crippen molar-refractivity contribution in [3.05, 3.63) is 95.3 Å². The van der Waals surface area contributed by atoms with Crippen LogP contribution in [0.2, 0.25) is 0 Å². The highest BCUT2D eigenvalue weighted by Gasteiger charge is 2.20. The lowest BCUT2D eigenvalue weighted by molar-refractivity contribution is 0.0951. The molecule has 0 heterocycles. The van der Waals surface area contributed by atoms with Gasteiger partial charge < -0.3 is 10.1 Å². The molecule has 0 aliphatic rings. The summed E-state index contributed by atoms with van der Waals surface area (Å²) in [7, 11) is -3.67. The fourth-order valence-electron chi connectivity index (χ4n) is 3.20. The topological polar surface area (TPSA) is 75.7 Å². The fourth-order valence-corrected chi connectivity index (χ4v) is 4.08. The molecule has 33 heavy (non-hydrogen) atoms. The second kappa shape index (κ2) is 10.5. The second-order valence-corrected chi connectivity index (χ2v) is 9.81. The molecule has 0 unspecified atom stereocenters. The van der Waals surface area contributed by atoms with Crippen LogP contribution in [0.5, 0.6) is 5.75 Å². The SMILES string of the molecule is CC(C)Oc1ccc(CNC(=O)c2ccc(N(Cc3ccccc3F)S(C)(=O)=O)cc2)cc1. The summed E-state index contributed by atoms with van der Waals surface area (Å²) < 4.78 is 45.4. The zero-order valence-electron chi connectivity index (χ0n) is 18.8. The molecule has 6 nitrogen and oxygen atoms in total. The number of sulfonamides is 1. The van der Waals surface area contributed by atoms with E-state index in [1.165, 1.54) is 24.3 Å². The molecule has 0 aromatic heterocycles. The van der Waals surface area contributed by atoms with Gasteiger partial charge >= 0.3 is 0 Å². The van der Waals surface area contributed by atoms with Crippen LogP contribution in [0.15, 0.2) is 72.8 Å². The zero-order valence-corrected chi connectivity index (χ0v) is 19.6. The Kier molecular flexibility index (Phi) is 7.71. The van der Waals surface area contributed by atoms with Crippen molar-refractivity contribution in [1.82, 2.24) is 5.32 Å². The zero-order chi connectivity index (χ0) is 24.0. The van der Waals surface area contributed by atoms with Gasteiger partial charge in [0, 0.05) is 17.7 Å². The van der Waals surface area contributed by atoms with Crippen LogP contribution in [0.1, 0.15) is 35.3 Å². The number of nitrogens with one attached hydrogen (secondary N) is 1. The van der Waals surface area contributed by atoms with E-state index in [1.807, 2.05) is 38.1 Å². The van der Waals surface area contributed by atoms with Gasteiger partial charge in [0.05, 0.1) is 24.6 Å². The van der Waals surface area contributed by atoms with Crippen molar-refractivity contribution < 1.29 is 22.3 Å². The Labute approximate surface area is 194 Å². The molecular weight excluding hydrogens is 443 g/mol. The van der Waals surface area contributed by atoms with Crippen molar-refractivity contribution in [3.8, 4) is 5.75 Å². The lowest BCUT2D eigenvalue weighted by Crippen LogP contribution is -2.30. The predicted octanol–water partition coefficient (Wildman–Crippen LogP) is 4.51. The molecule has 0 atom stereocenters. The van der Waals surface area contributed by atoms with Gasteiger partial charge in [-0.3, -0.25) is 9.10 Å². The summed E-state index contributed by atoms with van der Waals surface area (Å²) in [4.78, 5) is 12.5. The summed E-state index contributed by atoms with van der Waals surface area (Å²) in [5, 5.41) is 2.84. The average molecular weight is 471 g/mol. The van der Waals surface area contributed by atoms with Crippen molar-refractivity contribution in [1.29, 1.82) is 0 Å². The average Bonchev–Trinajstić information content (AvgIpc) is 2.77. The van der Waals surface area contributed by atoms with Crippen LogP contribution in [0.4, 0.5) is 10.1 Å². The first-order chi connectivity index (χ1) is 15.6. The molecule has 0 bridgehead atoms. The summed E-state index contributed by atoms with van der Waals surface area (Å²) in [5.74, 6) is -0.00325. The largest absolute Gasteiger partial charge is 0.491 e. The summed E-state index contributed by atoms with van der Waals surface area (Å²) in [5.41, 5.74) is 1.91. The molecule has 0 aliphatic heterocycles. The number of halogens is 1. The smallest absolute Gasteiger partial charge is 0.251 e. The Bertz CT molecular complexity index is 1190. The van der Waals surface area contributed by atoms with Gasteiger partial charge in [-0.2, -0.15) is 0 Å². The summed E-state index contributed by atoms with van der Waals surface area (Å²) in [6.07, 6.45) is 1.15. The Morgan fingerprint density at radius 3 is 2.21 bits per heavy atom. The minimum atomic E-state index is -3.67. The maximum absolute atomic E-state index is 14.0. The molecule has 0 spiro atoms. The lowest BCUT2D eigenvalue weighted by Gasteiger charge is -2.23. The third kappa shape index (κ3) is 6.79. The van der Waals surface area contributed by atoms with Crippen LogP contribution in [0, 0.1) is 5.82 Å². The molecule has 0 fully saturated rings. The first-order valence-electron chi connectivity index (χ1n) is 10.5. The third-order valence-corrected chi connectivity index (χ3v) is 5.98. The van der Waals surface area contributed by atoms with Gasteiger partial charge in [0.1, 0.15) is 11.6 Å². The summed E-state index contributed by atoms with van der Waals surface area (Å²) in [6.45, 7) is 4.10.